The normalized spacial score (nSPS) is 25.2. The molecule has 0 aliphatic heterocycles. The highest BCUT2D eigenvalue weighted by Gasteiger charge is 2.36. The smallest absolute Gasteiger partial charge is 0.277 e. The van der Waals surface area contributed by atoms with Crippen LogP contribution in [0, 0.1) is 22.0 Å². The van der Waals surface area contributed by atoms with Gasteiger partial charge in [0.1, 0.15) is 5.75 Å². The number of benzene rings is 1. The van der Waals surface area contributed by atoms with E-state index in [-0.39, 0.29) is 22.3 Å². The predicted octanol–water partition coefficient (Wildman–Crippen LogP) is 5.66. The third-order valence-corrected chi connectivity index (χ3v) is 5.91. The largest absolute Gasteiger partial charge is 0.507 e. The van der Waals surface area contributed by atoms with E-state index < -0.39 is 0 Å². The summed E-state index contributed by atoms with van der Waals surface area (Å²) < 4.78 is 0. The molecule has 0 aromatic heterocycles. The van der Waals surface area contributed by atoms with Crippen molar-refractivity contribution in [1.82, 2.24) is 0 Å². The Morgan fingerprint density at radius 3 is 2.62 bits per heavy atom. The highest BCUT2D eigenvalue weighted by Crippen LogP contribution is 2.50. The standard InChI is InChI=1S/C20H27NO3/c1-4-13(3)16-8-5-12(2)9-17(16)20-18(21(23)24)10-15(11-19(20)22)14-6-7-14/h9-11,13-14,16-17,22H,4-8H2,1-3H3. The number of hydrogen-bond acceptors (Lipinski definition) is 3. The second-order valence-corrected chi connectivity index (χ2v) is 7.63. The highest BCUT2D eigenvalue weighted by atomic mass is 16.6. The molecule has 2 aliphatic rings. The van der Waals surface area contributed by atoms with Crippen LogP contribution >= 0.6 is 0 Å². The number of rotatable bonds is 5. The molecule has 3 atom stereocenters. The lowest BCUT2D eigenvalue weighted by atomic mass is 9.70. The molecule has 1 fully saturated rings. The van der Waals surface area contributed by atoms with Crippen LogP contribution in [0.1, 0.15) is 75.8 Å². The minimum atomic E-state index is -0.313. The van der Waals surface area contributed by atoms with E-state index in [1.54, 1.807) is 12.1 Å². The lowest BCUT2D eigenvalue weighted by Gasteiger charge is -2.34. The van der Waals surface area contributed by atoms with Crippen LogP contribution in [0.3, 0.4) is 0 Å². The van der Waals surface area contributed by atoms with Crippen molar-refractivity contribution in [1.29, 1.82) is 0 Å². The van der Waals surface area contributed by atoms with Crippen molar-refractivity contribution in [2.45, 2.75) is 64.7 Å². The molecule has 0 spiro atoms. The van der Waals surface area contributed by atoms with E-state index in [0.29, 0.717) is 23.3 Å². The predicted molar refractivity (Wildman–Crippen MR) is 95.4 cm³/mol. The molecule has 1 saturated carbocycles. The lowest BCUT2D eigenvalue weighted by molar-refractivity contribution is -0.385. The molecule has 0 bridgehead atoms. The maximum Gasteiger partial charge on any atom is 0.277 e. The van der Waals surface area contributed by atoms with Crippen LogP contribution in [-0.4, -0.2) is 10.0 Å². The number of nitro benzene ring substituents is 1. The zero-order chi connectivity index (χ0) is 17.4. The summed E-state index contributed by atoms with van der Waals surface area (Å²) in [5.74, 6) is 1.24. The van der Waals surface area contributed by atoms with Crippen LogP contribution in [0.5, 0.6) is 5.75 Å². The third kappa shape index (κ3) is 3.19. The van der Waals surface area contributed by atoms with Crippen molar-refractivity contribution in [2.24, 2.45) is 11.8 Å². The number of nitrogens with zero attached hydrogens (tertiary/aromatic N) is 1. The summed E-state index contributed by atoms with van der Waals surface area (Å²) in [5.41, 5.74) is 2.80. The average Bonchev–Trinajstić information content (AvgIpc) is 3.38. The van der Waals surface area contributed by atoms with E-state index in [9.17, 15) is 15.2 Å². The van der Waals surface area contributed by atoms with Gasteiger partial charge >= 0.3 is 0 Å². The summed E-state index contributed by atoms with van der Waals surface area (Å²) in [5, 5.41) is 22.4. The van der Waals surface area contributed by atoms with Gasteiger partial charge in [0, 0.05) is 12.0 Å². The van der Waals surface area contributed by atoms with Gasteiger partial charge in [-0.15, -0.1) is 0 Å². The van der Waals surface area contributed by atoms with E-state index in [1.807, 2.05) is 0 Å². The van der Waals surface area contributed by atoms with Crippen LogP contribution in [-0.2, 0) is 0 Å². The first-order valence-corrected chi connectivity index (χ1v) is 9.10. The highest BCUT2D eigenvalue weighted by molar-refractivity contribution is 5.57. The second-order valence-electron chi connectivity index (χ2n) is 7.63. The molecule has 1 aromatic carbocycles. The number of allylic oxidation sites excluding steroid dienone is 2. The van der Waals surface area contributed by atoms with E-state index in [2.05, 4.69) is 26.8 Å². The summed E-state index contributed by atoms with van der Waals surface area (Å²) in [6, 6.07) is 3.48. The first-order valence-electron chi connectivity index (χ1n) is 9.10. The minimum Gasteiger partial charge on any atom is -0.507 e. The Bertz CT molecular complexity index is 676. The van der Waals surface area contributed by atoms with Gasteiger partial charge in [0.25, 0.3) is 5.69 Å². The fourth-order valence-corrected chi connectivity index (χ4v) is 4.12. The van der Waals surface area contributed by atoms with E-state index in [1.165, 1.54) is 5.57 Å². The van der Waals surface area contributed by atoms with Crippen molar-refractivity contribution < 1.29 is 10.0 Å². The van der Waals surface area contributed by atoms with E-state index in [0.717, 1.165) is 37.7 Å². The maximum absolute atomic E-state index is 11.7. The van der Waals surface area contributed by atoms with Crippen molar-refractivity contribution in [3.63, 3.8) is 0 Å². The second kappa shape index (κ2) is 6.58. The van der Waals surface area contributed by atoms with Gasteiger partial charge < -0.3 is 5.11 Å². The molecule has 0 saturated heterocycles. The van der Waals surface area contributed by atoms with Gasteiger partial charge in [-0.05, 0) is 62.0 Å². The lowest BCUT2D eigenvalue weighted by Crippen LogP contribution is -2.23. The Morgan fingerprint density at radius 2 is 2.04 bits per heavy atom. The summed E-state index contributed by atoms with van der Waals surface area (Å²) >= 11 is 0. The van der Waals surface area contributed by atoms with Gasteiger partial charge in [0.05, 0.1) is 10.5 Å². The quantitative estimate of drug-likeness (QED) is 0.430. The maximum atomic E-state index is 11.7. The number of phenolic OH excluding ortho intramolecular Hbond substituents is 1. The number of nitro groups is 1. The number of aromatic hydroxyl groups is 1. The van der Waals surface area contributed by atoms with Crippen LogP contribution in [0.25, 0.3) is 0 Å². The Kier molecular flexibility index (Phi) is 4.66. The molecule has 4 nitrogen and oxygen atoms in total. The molecule has 1 N–H and O–H groups in total. The topological polar surface area (TPSA) is 63.4 Å². The van der Waals surface area contributed by atoms with E-state index in [4.69, 9.17) is 0 Å². The number of phenols is 1. The fraction of sp³-hybridized carbons (Fsp3) is 0.600. The third-order valence-electron chi connectivity index (χ3n) is 5.91. The van der Waals surface area contributed by atoms with Crippen LogP contribution in [0.15, 0.2) is 23.8 Å². The Morgan fingerprint density at radius 1 is 1.33 bits per heavy atom. The zero-order valence-electron chi connectivity index (χ0n) is 14.8. The molecule has 0 radical (unpaired) electrons. The molecule has 24 heavy (non-hydrogen) atoms. The van der Waals surface area contributed by atoms with Gasteiger partial charge in [-0.1, -0.05) is 31.9 Å². The van der Waals surface area contributed by atoms with Gasteiger partial charge in [0.15, 0.2) is 0 Å². The van der Waals surface area contributed by atoms with E-state index >= 15 is 0 Å². The minimum absolute atomic E-state index is 0.0673. The van der Waals surface area contributed by atoms with Crippen LogP contribution < -0.4 is 0 Å². The molecule has 3 unspecified atom stereocenters. The Labute approximate surface area is 143 Å². The summed E-state index contributed by atoms with van der Waals surface area (Å²) in [7, 11) is 0. The van der Waals surface area contributed by atoms with Crippen LogP contribution in [0.4, 0.5) is 5.69 Å². The number of hydrogen-bond donors (Lipinski definition) is 1. The summed E-state index contributed by atoms with van der Waals surface area (Å²) in [4.78, 5) is 11.4. The SMILES string of the molecule is CCC(C)C1CCC(C)=CC1c1c(O)cc(C2CC2)cc1[N+](=O)[O-]. The van der Waals surface area contributed by atoms with Crippen molar-refractivity contribution in [2.75, 3.05) is 0 Å². The molecule has 1 aromatic rings. The van der Waals surface area contributed by atoms with Gasteiger partial charge in [-0.25, -0.2) is 0 Å². The van der Waals surface area contributed by atoms with Gasteiger partial charge in [-0.3, -0.25) is 10.1 Å². The van der Waals surface area contributed by atoms with Gasteiger partial charge in [-0.2, -0.15) is 0 Å². The van der Waals surface area contributed by atoms with Crippen molar-refractivity contribution >= 4 is 5.69 Å². The van der Waals surface area contributed by atoms with Crippen molar-refractivity contribution in [3.05, 3.63) is 45.0 Å². The first-order chi connectivity index (χ1) is 11.4. The molecule has 4 heteroatoms. The van der Waals surface area contributed by atoms with Crippen molar-refractivity contribution in [3.8, 4) is 5.75 Å². The first kappa shape index (κ1) is 17.0. The Balaban J connectivity index is 2.11. The fourth-order valence-electron chi connectivity index (χ4n) is 4.12. The Hall–Kier alpha value is -1.84. The molecule has 130 valence electrons. The summed E-state index contributed by atoms with van der Waals surface area (Å²) in [6.45, 7) is 6.46. The molecule has 0 heterocycles. The average molecular weight is 329 g/mol. The zero-order valence-corrected chi connectivity index (χ0v) is 14.8. The molecule has 2 aliphatic carbocycles. The molecule has 0 amide bonds. The van der Waals surface area contributed by atoms with Crippen LogP contribution in [0.2, 0.25) is 0 Å². The monoisotopic (exact) mass is 329 g/mol. The molecular formula is C20H27NO3. The molecule has 3 rings (SSSR count). The summed E-state index contributed by atoms with van der Waals surface area (Å²) in [6.07, 6.45) is 7.40. The molecular weight excluding hydrogens is 302 g/mol. The van der Waals surface area contributed by atoms with Gasteiger partial charge in [0.2, 0.25) is 0 Å².